The molecule has 0 N–H and O–H groups in total. The molecule has 4 nitrogen and oxygen atoms in total. The Labute approximate surface area is 145 Å². The largest absolute Gasteiger partial charge is 0.439 e. The van der Waals surface area contributed by atoms with Gasteiger partial charge in [0.2, 0.25) is 0 Å². The first kappa shape index (κ1) is 14.5. The van der Waals surface area contributed by atoms with Crippen LogP contribution in [-0.4, -0.2) is 42.8 Å². The summed E-state index contributed by atoms with van der Waals surface area (Å²) in [5, 5.41) is 0.993. The number of hydrogen-bond acceptors (Lipinski definition) is 4. The molecule has 5 heteroatoms. The molecule has 124 valence electrons. The summed E-state index contributed by atoms with van der Waals surface area (Å²) in [5.74, 6) is 0.519. The van der Waals surface area contributed by atoms with Crippen LogP contribution in [0.5, 0.6) is 0 Å². The van der Waals surface area contributed by atoms with Crippen LogP contribution in [0.1, 0.15) is 12.8 Å². The van der Waals surface area contributed by atoms with Crippen LogP contribution in [0, 0.1) is 5.92 Å². The Kier molecular flexibility index (Phi) is 3.22. The number of benzene rings is 1. The van der Waals surface area contributed by atoms with Crippen LogP contribution in [0.2, 0.25) is 0 Å². The highest BCUT2D eigenvalue weighted by Gasteiger charge is 2.55. The maximum Gasteiger partial charge on any atom is 0.415 e. The van der Waals surface area contributed by atoms with E-state index in [1.54, 1.807) is 11.3 Å². The minimum atomic E-state index is -0.287. The van der Waals surface area contributed by atoms with E-state index in [1.165, 1.54) is 10.4 Å². The van der Waals surface area contributed by atoms with Gasteiger partial charge < -0.3 is 4.74 Å². The van der Waals surface area contributed by atoms with E-state index in [9.17, 15) is 4.79 Å². The topological polar surface area (TPSA) is 32.8 Å². The number of amides is 1. The summed E-state index contributed by atoms with van der Waals surface area (Å²) >= 11 is 1.67. The van der Waals surface area contributed by atoms with E-state index in [-0.39, 0.29) is 11.7 Å². The number of carbonyl (C=O) groups excluding carboxylic acids is 1. The van der Waals surface area contributed by atoms with Gasteiger partial charge in [0.1, 0.15) is 10.6 Å². The highest BCUT2D eigenvalue weighted by Crippen LogP contribution is 2.45. The third-order valence-corrected chi connectivity index (χ3v) is 6.83. The van der Waals surface area contributed by atoms with Crippen molar-refractivity contribution < 1.29 is 9.53 Å². The zero-order chi connectivity index (χ0) is 16.1. The molecule has 2 aromatic rings. The van der Waals surface area contributed by atoms with Gasteiger partial charge in [-0.05, 0) is 43.6 Å². The second-order valence-electron chi connectivity index (χ2n) is 7.07. The van der Waals surface area contributed by atoms with Gasteiger partial charge in [-0.15, -0.1) is 11.3 Å². The van der Waals surface area contributed by atoms with Crippen molar-refractivity contribution in [2.45, 2.75) is 18.4 Å². The van der Waals surface area contributed by atoms with E-state index in [2.05, 4.69) is 29.2 Å². The van der Waals surface area contributed by atoms with Crippen molar-refractivity contribution in [2.24, 2.45) is 5.92 Å². The molecule has 1 spiro atoms. The fourth-order valence-electron chi connectivity index (χ4n) is 4.41. The van der Waals surface area contributed by atoms with Gasteiger partial charge in [-0.2, -0.15) is 0 Å². The van der Waals surface area contributed by atoms with Crippen LogP contribution >= 0.6 is 11.3 Å². The van der Waals surface area contributed by atoms with Crippen molar-refractivity contribution in [1.29, 1.82) is 0 Å². The molecular weight excluding hydrogens is 320 g/mol. The number of carbonyl (C=O) groups is 1. The highest BCUT2D eigenvalue weighted by atomic mass is 32.1. The lowest BCUT2D eigenvalue weighted by Gasteiger charge is -2.49. The molecule has 4 saturated heterocycles. The standard InChI is InChI=1S/C19H20N2O2S/c22-18-21(13-19(23-18)12-20-10-8-15(19)9-11-20)17-7-6-16(24-17)14-4-2-1-3-5-14/h1-7,15H,8-13H2. The minimum absolute atomic E-state index is 0.176. The summed E-state index contributed by atoms with van der Waals surface area (Å²) in [4.78, 5) is 18.0. The molecule has 1 atom stereocenters. The van der Waals surface area contributed by atoms with Gasteiger partial charge in [-0.25, -0.2) is 4.79 Å². The number of ether oxygens (including phenoxy) is 1. The quantitative estimate of drug-likeness (QED) is 0.833. The summed E-state index contributed by atoms with van der Waals surface area (Å²) in [5.41, 5.74) is 0.906. The van der Waals surface area contributed by atoms with E-state index in [0.29, 0.717) is 12.5 Å². The number of anilines is 1. The molecule has 4 aliphatic rings. The third-order valence-electron chi connectivity index (χ3n) is 5.68. The number of piperidine rings is 3. The molecule has 0 aliphatic carbocycles. The van der Waals surface area contributed by atoms with Gasteiger partial charge in [0.15, 0.2) is 0 Å². The van der Waals surface area contributed by atoms with Gasteiger partial charge >= 0.3 is 6.09 Å². The van der Waals surface area contributed by atoms with E-state index in [0.717, 1.165) is 37.5 Å². The zero-order valence-corrected chi connectivity index (χ0v) is 14.3. The van der Waals surface area contributed by atoms with E-state index < -0.39 is 0 Å². The van der Waals surface area contributed by atoms with Crippen LogP contribution in [0.3, 0.4) is 0 Å². The van der Waals surface area contributed by atoms with Crippen molar-refractivity contribution in [3.8, 4) is 10.4 Å². The highest BCUT2D eigenvalue weighted by molar-refractivity contribution is 7.19. The number of rotatable bonds is 2. The van der Waals surface area contributed by atoms with Crippen molar-refractivity contribution in [3.63, 3.8) is 0 Å². The normalized spacial score (nSPS) is 31.7. The first-order valence-corrected chi connectivity index (χ1v) is 9.43. The molecule has 2 bridgehead atoms. The Morgan fingerprint density at radius 3 is 2.54 bits per heavy atom. The van der Waals surface area contributed by atoms with Crippen molar-refractivity contribution in [1.82, 2.24) is 4.90 Å². The SMILES string of the molecule is O=C1OC2(CN3CCC2CC3)CN1c1ccc(-c2ccccc2)s1. The molecule has 5 heterocycles. The number of nitrogens with zero attached hydrogens (tertiary/aromatic N) is 2. The second kappa shape index (κ2) is 5.33. The Morgan fingerprint density at radius 1 is 1.04 bits per heavy atom. The van der Waals surface area contributed by atoms with Crippen LogP contribution in [0.25, 0.3) is 10.4 Å². The summed E-state index contributed by atoms with van der Waals surface area (Å²) in [7, 11) is 0. The minimum Gasteiger partial charge on any atom is -0.439 e. The number of hydrogen-bond donors (Lipinski definition) is 0. The Hall–Kier alpha value is -1.85. The molecule has 4 fully saturated rings. The second-order valence-corrected chi connectivity index (χ2v) is 8.14. The van der Waals surface area contributed by atoms with Crippen LogP contribution in [-0.2, 0) is 4.74 Å². The Bertz CT molecular complexity index is 767. The predicted molar refractivity (Wildman–Crippen MR) is 95.5 cm³/mol. The van der Waals surface area contributed by atoms with E-state index in [1.807, 2.05) is 23.1 Å². The summed E-state index contributed by atoms with van der Waals surface area (Å²) < 4.78 is 5.96. The third kappa shape index (κ3) is 2.19. The molecule has 6 rings (SSSR count). The molecule has 24 heavy (non-hydrogen) atoms. The van der Waals surface area contributed by atoms with E-state index >= 15 is 0 Å². The number of fused-ring (bicyclic) bond motifs is 2. The number of thiophene rings is 1. The Morgan fingerprint density at radius 2 is 1.83 bits per heavy atom. The summed E-state index contributed by atoms with van der Waals surface area (Å²) in [6.07, 6.45) is 2.13. The average molecular weight is 340 g/mol. The Balaban J connectivity index is 1.42. The van der Waals surface area contributed by atoms with Crippen molar-refractivity contribution in [3.05, 3.63) is 42.5 Å². The van der Waals surface area contributed by atoms with Gasteiger partial charge in [0, 0.05) is 17.3 Å². The average Bonchev–Trinajstić information content (AvgIpc) is 3.22. The molecule has 1 amide bonds. The first-order chi connectivity index (χ1) is 11.7. The fraction of sp³-hybridized carbons (Fsp3) is 0.421. The zero-order valence-electron chi connectivity index (χ0n) is 13.5. The van der Waals surface area contributed by atoms with Crippen LogP contribution in [0.4, 0.5) is 9.80 Å². The first-order valence-electron chi connectivity index (χ1n) is 8.62. The van der Waals surface area contributed by atoms with Gasteiger partial charge in [0.25, 0.3) is 0 Å². The lowest BCUT2D eigenvalue weighted by Crippen LogP contribution is -2.61. The van der Waals surface area contributed by atoms with Gasteiger partial charge in [-0.3, -0.25) is 9.80 Å². The molecule has 1 aromatic heterocycles. The molecular formula is C19H20N2O2S. The van der Waals surface area contributed by atoms with Gasteiger partial charge in [-0.1, -0.05) is 30.3 Å². The molecule has 1 aromatic carbocycles. The van der Waals surface area contributed by atoms with Crippen LogP contribution < -0.4 is 4.90 Å². The smallest absolute Gasteiger partial charge is 0.415 e. The predicted octanol–water partition coefficient (Wildman–Crippen LogP) is 3.84. The monoisotopic (exact) mass is 340 g/mol. The lowest BCUT2D eigenvalue weighted by molar-refractivity contribution is -0.0881. The lowest BCUT2D eigenvalue weighted by atomic mass is 9.75. The maximum atomic E-state index is 12.6. The van der Waals surface area contributed by atoms with Gasteiger partial charge in [0.05, 0.1) is 6.54 Å². The summed E-state index contributed by atoms with van der Waals surface area (Å²) in [6.45, 7) is 3.90. The molecule has 1 unspecified atom stereocenters. The molecule has 0 saturated carbocycles. The van der Waals surface area contributed by atoms with Crippen LogP contribution in [0.15, 0.2) is 42.5 Å². The summed E-state index contributed by atoms with van der Waals surface area (Å²) in [6, 6.07) is 14.5. The van der Waals surface area contributed by atoms with Crippen molar-refractivity contribution >= 4 is 22.4 Å². The molecule has 0 radical (unpaired) electrons. The van der Waals surface area contributed by atoms with Crippen molar-refractivity contribution in [2.75, 3.05) is 31.1 Å². The molecule has 4 aliphatic heterocycles. The van der Waals surface area contributed by atoms with E-state index in [4.69, 9.17) is 4.74 Å². The maximum absolute atomic E-state index is 12.6. The fourth-order valence-corrected chi connectivity index (χ4v) is 5.41.